The van der Waals surface area contributed by atoms with Crippen molar-refractivity contribution >= 4 is 11.6 Å². The topological polar surface area (TPSA) is 64.2 Å². The van der Waals surface area contributed by atoms with Crippen LogP contribution in [-0.2, 0) is 13.6 Å². The van der Waals surface area contributed by atoms with Crippen molar-refractivity contribution in [3.63, 3.8) is 0 Å². The zero-order valence-electron chi connectivity index (χ0n) is 11.5. The molecule has 5 nitrogen and oxygen atoms in total. The summed E-state index contributed by atoms with van der Waals surface area (Å²) in [6.45, 7) is 0.543. The van der Waals surface area contributed by atoms with Crippen LogP contribution in [0.3, 0.4) is 0 Å². The third kappa shape index (κ3) is 2.52. The first-order valence-corrected chi connectivity index (χ1v) is 6.78. The number of benzene rings is 1. The highest BCUT2D eigenvalue weighted by atomic mass is 16.2. The van der Waals surface area contributed by atoms with Gasteiger partial charge in [-0.15, -0.1) is 0 Å². The molecule has 1 aromatic carbocycles. The standard InChI is InChI=1S/C15H18N4O/c1-18-8-7-17-14(18)10-19(13-5-6-13)15(20)11-3-2-4-12(16)9-11/h2-4,7-9,13H,5-6,10,16H2,1H3. The van der Waals surface area contributed by atoms with E-state index in [9.17, 15) is 4.79 Å². The molecule has 0 spiro atoms. The monoisotopic (exact) mass is 270 g/mol. The van der Waals surface area contributed by atoms with Gasteiger partial charge >= 0.3 is 0 Å². The minimum absolute atomic E-state index is 0.0304. The summed E-state index contributed by atoms with van der Waals surface area (Å²) in [5.41, 5.74) is 7.02. The molecule has 0 bridgehead atoms. The zero-order chi connectivity index (χ0) is 14.1. The van der Waals surface area contributed by atoms with E-state index >= 15 is 0 Å². The van der Waals surface area contributed by atoms with Gasteiger partial charge < -0.3 is 15.2 Å². The Labute approximate surface area is 118 Å². The molecule has 1 amide bonds. The Morgan fingerprint density at radius 2 is 2.30 bits per heavy atom. The molecule has 2 N–H and O–H groups in total. The highest BCUT2D eigenvalue weighted by molar-refractivity contribution is 5.95. The second kappa shape index (κ2) is 5.00. The number of amides is 1. The maximum atomic E-state index is 12.6. The molecular formula is C15H18N4O. The SMILES string of the molecule is Cn1ccnc1CN(C(=O)c1cccc(N)c1)C1CC1. The first kappa shape index (κ1) is 12.7. The van der Waals surface area contributed by atoms with Crippen LogP contribution in [0.5, 0.6) is 0 Å². The fourth-order valence-corrected chi connectivity index (χ4v) is 2.29. The Morgan fingerprint density at radius 1 is 1.50 bits per heavy atom. The van der Waals surface area contributed by atoms with Gasteiger partial charge in [0.2, 0.25) is 0 Å². The number of aromatic nitrogens is 2. The summed E-state index contributed by atoms with van der Waals surface area (Å²) in [4.78, 5) is 18.9. The van der Waals surface area contributed by atoms with Crippen molar-refractivity contribution in [3.05, 3.63) is 48.0 Å². The average molecular weight is 270 g/mol. The highest BCUT2D eigenvalue weighted by Crippen LogP contribution is 2.29. The summed E-state index contributed by atoms with van der Waals surface area (Å²) in [6.07, 6.45) is 5.79. The molecule has 0 saturated heterocycles. The van der Waals surface area contributed by atoms with Crippen LogP contribution in [0.15, 0.2) is 36.7 Å². The molecule has 3 rings (SSSR count). The molecule has 1 saturated carbocycles. The smallest absolute Gasteiger partial charge is 0.254 e. The van der Waals surface area contributed by atoms with Crippen molar-refractivity contribution in [2.45, 2.75) is 25.4 Å². The molecule has 0 radical (unpaired) electrons. The molecule has 104 valence electrons. The Hall–Kier alpha value is -2.30. The third-order valence-corrected chi connectivity index (χ3v) is 3.61. The fourth-order valence-electron chi connectivity index (χ4n) is 2.29. The van der Waals surface area contributed by atoms with Crippen molar-refractivity contribution in [1.82, 2.24) is 14.5 Å². The molecular weight excluding hydrogens is 252 g/mol. The zero-order valence-corrected chi connectivity index (χ0v) is 11.5. The van der Waals surface area contributed by atoms with Gasteiger partial charge in [-0.3, -0.25) is 4.79 Å². The van der Waals surface area contributed by atoms with Crippen LogP contribution < -0.4 is 5.73 Å². The van der Waals surface area contributed by atoms with Gasteiger partial charge in [-0.2, -0.15) is 0 Å². The van der Waals surface area contributed by atoms with E-state index in [0.717, 1.165) is 18.7 Å². The Bertz CT molecular complexity index is 630. The van der Waals surface area contributed by atoms with Crippen molar-refractivity contribution in [3.8, 4) is 0 Å². The van der Waals surface area contributed by atoms with E-state index in [1.807, 2.05) is 34.8 Å². The minimum atomic E-state index is 0.0304. The summed E-state index contributed by atoms with van der Waals surface area (Å²) >= 11 is 0. The molecule has 0 unspecified atom stereocenters. The fraction of sp³-hybridized carbons (Fsp3) is 0.333. The van der Waals surface area contributed by atoms with E-state index in [1.165, 1.54) is 0 Å². The van der Waals surface area contributed by atoms with Gasteiger partial charge in [0.15, 0.2) is 0 Å². The second-order valence-electron chi connectivity index (χ2n) is 5.24. The van der Waals surface area contributed by atoms with Gasteiger partial charge in [0.05, 0.1) is 6.54 Å². The largest absolute Gasteiger partial charge is 0.399 e. The van der Waals surface area contributed by atoms with Gasteiger partial charge in [-0.1, -0.05) is 6.07 Å². The number of hydrogen-bond donors (Lipinski definition) is 1. The predicted octanol–water partition coefficient (Wildman–Crippen LogP) is 1.81. The van der Waals surface area contributed by atoms with Crippen LogP contribution in [0.1, 0.15) is 29.0 Å². The first-order valence-electron chi connectivity index (χ1n) is 6.78. The van der Waals surface area contributed by atoms with E-state index in [-0.39, 0.29) is 5.91 Å². The lowest BCUT2D eigenvalue weighted by molar-refractivity contribution is 0.0724. The lowest BCUT2D eigenvalue weighted by Crippen LogP contribution is -2.33. The number of carbonyl (C=O) groups excluding carboxylic acids is 1. The first-order chi connectivity index (χ1) is 9.65. The second-order valence-corrected chi connectivity index (χ2v) is 5.24. The number of nitrogen functional groups attached to an aromatic ring is 1. The minimum Gasteiger partial charge on any atom is -0.399 e. The Kier molecular flexibility index (Phi) is 3.18. The normalized spacial score (nSPS) is 14.2. The van der Waals surface area contributed by atoms with Gasteiger partial charge in [-0.05, 0) is 31.0 Å². The lowest BCUT2D eigenvalue weighted by atomic mass is 10.1. The number of rotatable bonds is 4. The molecule has 5 heteroatoms. The molecule has 1 aliphatic carbocycles. The summed E-state index contributed by atoms with van der Waals surface area (Å²) in [6, 6.07) is 7.48. The average Bonchev–Trinajstić information content (AvgIpc) is 3.19. The maximum absolute atomic E-state index is 12.6. The maximum Gasteiger partial charge on any atom is 0.254 e. The number of nitrogens with two attached hydrogens (primary N) is 1. The Morgan fingerprint density at radius 3 is 2.90 bits per heavy atom. The summed E-state index contributed by atoms with van der Waals surface area (Å²) in [5, 5.41) is 0. The van der Waals surface area contributed by atoms with Crippen molar-refractivity contribution in [2.75, 3.05) is 5.73 Å². The van der Waals surface area contributed by atoms with E-state index in [4.69, 9.17) is 5.73 Å². The number of carbonyl (C=O) groups is 1. The van der Waals surface area contributed by atoms with Crippen molar-refractivity contribution < 1.29 is 4.79 Å². The Balaban J connectivity index is 1.84. The van der Waals surface area contributed by atoms with Crippen LogP contribution >= 0.6 is 0 Å². The molecule has 20 heavy (non-hydrogen) atoms. The van der Waals surface area contributed by atoms with Crippen LogP contribution in [0, 0.1) is 0 Å². The number of hydrogen-bond acceptors (Lipinski definition) is 3. The van der Waals surface area contributed by atoms with Crippen LogP contribution in [-0.4, -0.2) is 26.4 Å². The summed E-state index contributed by atoms with van der Waals surface area (Å²) in [5.74, 6) is 0.928. The highest BCUT2D eigenvalue weighted by Gasteiger charge is 2.33. The predicted molar refractivity (Wildman–Crippen MR) is 77.0 cm³/mol. The van der Waals surface area contributed by atoms with Crippen LogP contribution in [0.2, 0.25) is 0 Å². The summed E-state index contributed by atoms with van der Waals surface area (Å²) < 4.78 is 1.95. The molecule has 2 aromatic rings. The van der Waals surface area contributed by atoms with Gasteiger partial charge in [0.25, 0.3) is 5.91 Å². The molecule has 0 atom stereocenters. The summed E-state index contributed by atoms with van der Waals surface area (Å²) in [7, 11) is 1.94. The molecule has 1 fully saturated rings. The molecule has 1 heterocycles. The third-order valence-electron chi connectivity index (χ3n) is 3.61. The van der Waals surface area contributed by atoms with Crippen molar-refractivity contribution in [2.24, 2.45) is 7.05 Å². The molecule has 1 aromatic heterocycles. The number of imidazole rings is 1. The van der Waals surface area contributed by atoms with Gasteiger partial charge in [-0.25, -0.2) is 4.98 Å². The van der Waals surface area contributed by atoms with Crippen LogP contribution in [0.4, 0.5) is 5.69 Å². The van der Waals surface area contributed by atoms with Gasteiger partial charge in [0, 0.05) is 36.7 Å². The molecule has 0 aliphatic heterocycles. The van der Waals surface area contributed by atoms with Crippen LogP contribution in [0.25, 0.3) is 0 Å². The van der Waals surface area contributed by atoms with Gasteiger partial charge in [0.1, 0.15) is 5.82 Å². The lowest BCUT2D eigenvalue weighted by Gasteiger charge is -2.22. The molecule has 1 aliphatic rings. The quantitative estimate of drug-likeness (QED) is 0.862. The number of anilines is 1. The van der Waals surface area contributed by atoms with E-state index in [0.29, 0.717) is 23.8 Å². The van der Waals surface area contributed by atoms with E-state index in [1.54, 1.807) is 18.3 Å². The van der Waals surface area contributed by atoms with Crippen molar-refractivity contribution in [1.29, 1.82) is 0 Å². The number of nitrogens with zero attached hydrogens (tertiary/aromatic N) is 3. The van der Waals surface area contributed by atoms with E-state index in [2.05, 4.69) is 4.98 Å². The van der Waals surface area contributed by atoms with E-state index < -0.39 is 0 Å². The number of aryl methyl sites for hydroxylation is 1.